The Morgan fingerprint density at radius 1 is 0.621 bits per heavy atom. The molecule has 0 radical (unpaired) electrons. The number of hydrogen-bond donors (Lipinski definition) is 2. The number of halogens is 4. The Morgan fingerprint density at radius 2 is 0.955 bits per heavy atom. The van der Waals surface area contributed by atoms with Gasteiger partial charge in [-0.1, -0.05) is 26.0 Å². The number of ether oxygens (including phenoxy) is 2. The van der Waals surface area contributed by atoms with E-state index in [2.05, 4.69) is 26.0 Å². The monoisotopic (exact) mass is 1040 g/mol. The fraction of sp³-hybridized carbons (Fsp3) is 0.696. The largest absolute Gasteiger partial charge is 1.00 e. The average molecular weight is 1040 g/mol. The van der Waals surface area contributed by atoms with Crippen LogP contribution < -0.4 is 113 Å². The molecule has 0 aromatic heterocycles. The van der Waals surface area contributed by atoms with Crippen LogP contribution in [0.5, 0.6) is 11.5 Å². The summed E-state index contributed by atoms with van der Waals surface area (Å²) in [6.45, 7) is 6.30. The van der Waals surface area contributed by atoms with Crippen LogP contribution in [0.15, 0.2) is 36.4 Å². The van der Waals surface area contributed by atoms with E-state index in [9.17, 15) is 19.8 Å². The van der Waals surface area contributed by atoms with Gasteiger partial charge in [0.25, 0.3) is 0 Å². The molecule has 4 fully saturated rings. The van der Waals surface area contributed by atoms with Crippen LogP contribution in [-0.4, -0.2) is 94.1 Å². The molecule has 0 heterocycles. The van der Waals surface area contributed by atoms with Gasteiger partial charge in [0, 0.05) is 49.7 Å². The number of fused-ring (bicyclic) bond motifs is 10. The second kappa shape index (κ2) is 27.5. The number of benzene rings is 2. The number of amides is 2. The van der Waals surface area contributed by atoms with Gasteiger partial charge in [-0.2, -0.15) is 7.82 Å². The van der Waals surface area contributed by atoms with Crippen molar-refractivity contribution in [3.05, 3.63) is 58.7 Å². The first-order chi connectivity index (χ1) is 29.9. The van der Waals surface area contributed by atoms with Crippen molar-refractivity contribution in [3.63, 3.8) is 0 Å². The number of phosphoric acid groups is 1. The van der Waals surface area contributed by atoms with Crippen molar-refractivity contribution in [2.45, 2.75) is 115 Å². The zero-order valence-corrected chi connectivity index (χ0v) is 49.2. The van der Waals surface area contributed by atoms with Crippen LogP contribution in [0.4, 0.5) is 9.59 Å². The maximum atomic E-state index is 12.4. The molecule has 2 aromatic rings. The molecule has 0 unspecified atom stereocenters. The molecule has 6 aliphatic carbocycles. The predicted molar refractivity (Wildman–Crippen MR) is 240 cm³/mol. The Morgan fingerprint density at radius 3 is 1.27 bits per heavy atom. The third kappa shape index (κ3) is 14.7. The van der Waals surface area contributed by atoms with Gasteiger partial charge in [-0.15, -0.1) is 46.4 Å². The molecule has 0 aliphatic heterocycles. The van der Waals surface area contributed by atoms with Gasteiger partial charge in [-0.3, -0.25) is 0 Å². The molecule has 12 nitrogen and oxygen atoms in total. The van der Waals surface area contributed by atoms with E-state index in [1.165, 1.54) is 22.3 Å². The summed E-state index contributed by atoms with van der Waals surface area (Å²) in [7, 11) is -5.39. The second-order valence-electron chi connectivity index (χ2n) is 18.7. The average Bonchev–Trinajstić information content (AvgIpc) is 3.72. The molecule has 20 heteroatoms. The first-order valence-electron chi connectivity index (χ1n) is 22.5. The molecule has 2 N–H and O–H groups in total. The number of alkyl halides is 4. The summed E-state index contributed by atoms with van der Waals surface area (Å²) in [6.07, 6.45) is 12.0. The Bertz CT molecular complexity index is 1810. The van der Waals surface area contributed by atoms with Crippen LogP contribution in [-0.2, 0) is 17.4 Å². The second-order valence-corrected chi connectivity index (χ2v) is 21.1. The minimum absolute atomic E-state index is 0. The third-order valence-corrected chi connectivity index (χ3v) is 16.3. The molecule has 8 rings (SSSR count). The van der Waals surface area contributed by atoms with Crippen molar-refractivity contribution in [1.82, 2.24) is 9.80 Å². The molecule has 4 saturated carbocycles. The van der Waals surface area contributed by atoms with Crippen molar-refractivity contribution < 1.29 is 137 Å². The Labute approximate surface area is 477 Å². The Hall–Kier alpha value is 1.17. The number of aryl methyl sites for hydroxylation is 2. The van der Waals surface area contributed by atoms with Crippen molar-refractivity contribution in [2.75, 3.05) is 49.7 Å². The van der Waals surface area contributed by atoms with Crippen LogP contribution in [0, 0.1) is 34.5 Å². The van der Waals surface area contributed by atoms with Gasteiger partial charge in [-0.05, 0) is 170 Å². The maximum Gasteiger partial charge on any atom is 1.00 e. The van der Waals surface area contributed by atoms with E-state index in [0.29, 0.717) is 96.7 Å². The van der Waals surface area contributed by atoms with Crippen LogP contribution in [0.3, 0.4) is 0 Å². The maximum absolute atomic E-state index is 12.4. The van der Waals surface area contributed by atoms with Gasteiger partial charge in [0.2, 0.25) is 0 Å². The van der Waals surface area contributed by atoms with Crippen LogP contribution in [0.2, 0.25) is 0 Å². The number of aliphatic hydroxyl groups excluding tert-OH is 2. The predicted octanol–water partition coefficient (Wildman–Crippen LogP) is -1.45. The van der Waals surface area contributed by atoms with Crippen molar-refractivity contribution in [1.29, 1.82) is 0 Å². The zero-order valence-electron chi connectivity index (χ0n) is 39.2. The third-order valence-electron chi connectivity index (χ3n) is 15.6. The fourth-order valence-electron chi connectivity index (χ4n) is 12.5. The van der Waals surface area contributed by atoms with Crippen molar-refractivity contribution >= 4 is 66.4 Å². The van der Waals surface area contributed by atoms with Crippen LogP contribution in [0.25, 0.3) is 0 Å². The minimum Gasteiger partial charge on any atom is -0.822 e. The molecule has 0 spiro atoms. The summed E-state index contributed by atoms with van der Waals surface area (Å²) in [5, 5.41) is 21.1. The number of hydrogen-bond acceptors (Lipinski definition) is 10. The quantitative estimate of drug-likeness (QED) is 0.162. The molecule has 0 saturated heterocycles. The fourth-order valence-corrected chi connectivity index (χ4v) is 13.3. The Kier molecular flexibility index (Phi) is 25.6. The normalized spacial score (nSPS) is 29.7. The molecule has 352 valence electrons. The molecule has 10 atom stereocenters. The molecular weight excluding hydrogens is 982 g/mol. The number of nitrogens with zero attached hydrogens (tertiary/aromatic N) is 2. The molecular formula is C46H62Cl4N2Na3O10P. The molecule has 2 amide bonds. The van der Waals surface area contributed by atoms with Crippen molar-refractivity contribution in [3.8, 4) is 11.5 Å². The van der Waals surface area contributed by atoms with Gasteiger partial charge in [-0.25, -0.2) is 9.59 Å². The summed E-state index contributed by atoms with van der Waals surface area (Å²) in [5.74, 6) is 6.32. The van der Waals surface area contributed by atoms with Crippen molar-refractivity contribution in [2.24, 2.45) is 34.5 Å². The first-order valence-corrected chi connectivity index (χ1v) is 26.1. The number of carbonyl (C=O) groups is 2. The molecule has 66 heavy (non-hydrogen) atoms. The summed E-state index contributed by atoms with van der Waals surface area (Å²) in [5.41, 5.74) is 5.65. The van der Waals surface area contributed by atoms with E-state index in [-0.39, 0.29) is 112 Å². The molecule has 0 bridgehead atoms. The summed E-state index contributed by atoms with van der Waals surface area (Å²) in [6, 6.07) is 12.3. The van der Waals surface area contributed by atoms with E-state index in [4.69, 9.17) is 75.1 Å². The van der Waals surface area contributed by atoms with E-state index in [1.807, 2.05) is 24.3 Å². The van der Waals surface area contributed by atoms with Gasteiger partial charge < -0.3 is 48.7 Å². The van der Waals surface area contributed by atoms with Gasteiger partial charge in [0.1, 0.15) is 11.5 Å². The standard InChI is InChI=1S/2C23H31Cl2NO3.3Na.H3O4P/c2*1-23-9-8-18-17-5-3-16(29-22(28)26(12-10-24)13-11-25)14-15(17)2-4-19(18)20(23)6-7-21(23)27;;;;1-5(2,3)4/h2*3,5,14,18-21,27H,2,4,6-13H2,1H3;;;;(H3,1,2,3,4)/q;;3*+1;/p-3/t2*18-,19-,20+,21+,23+;;;;/m11..../s1. The Balaban J connectivity index is 0.000000305. The van der Waals surface area contributed by atoms with Gasteiger partial charge >= 0.3 is 101 Å². The molecule has 2 aromatic carbocycles. The molecule has 6 aliphatic rings. The number of aliphatic hydroxyl groups is 2. The van der Waals surface area contributed by atoms with E-state index >= 15 is 0 Å². The van der Waals surface area contributed by atoms with Crippen LogP contribution >= 0.6 is 54.2 Å². The van der Waals surface area contributed by atoms with E-state index in [0.717, 1.165) is 77.0 Å². The topological polar surface area (TPSA) is 186 Å². The zero-order chi connectivity index (χ0) is 45.7. The summed E-state index contributed by atoms with van der Waals surface area (Å²) in [4.78, 5) is 53.6. The SMILES string of the molecule is C[C@]12CC[C@@H]3c4ccc(OC(=O)N(CCCl)CCCl)cc4CC[C@H]3[C@@H]1CC[C@@H]2O.C[C@]12CC[C@@H]3c4ccc(OC(=O)N(CCCl)CCCl)cc4CC[C@H]3[C@@H]1CC[C@@H]2O.O=P([O-])([O-])[O-].[Na+].[Na+].[Na+]. The minimum atomic E-state index is -5.39. The number of rotatable bonds is 10. The summed E-state index contributed by atoms with van der Waals surface area (Å²) >= 11 is 23.2. The van der Waals surface area contributed by atoms with Gasteiger partial charge in [0.05, 0.1) is 12.2 Å². The first kappa shape index (κ1) is 61.5. The van der Waals surface area contributed by atoms with E-state index in [1.54, 1.807) is 9.80 Å². The van der Waals surface area contributed by atoms with Crippen LogP contribution in [0.1, 0.15) is 112 Å². The number of carbonyl (C=O) groups excluding carboxylic acids is 2. The van der Waals surface area contributed by atoms with Gasteiger partial charge in [0.15, 0.2) is 0 Å². The van der Waals surface area contributed by atoms with E-state index < -0.39 is 20.0 Å². The summed E-state index contributed by atoms with van der Waals surface area (Å²) < 4.78 is 19.8. The smallest absolute Gasteiger partial charge is 0.822 e.